The fourth-order valence-electron chi connectivity index (χ4n) is 5.43. The molecule has 38 heavy (non-hydrogen) atoms. The van der Waals surface area contributed by atoms with Gasteiger partial charge in [-0.15, -0.1) is 0 Å². The average molecular weight is 565 g/mol. The van der Waals surface area contributed by atoms with Crippen molar-refractivity contribution in [1.29, 1.82) is 0 Å². The zero-order chi connectivity index (χ0) is 28.0. The molecular formula is C28H40N2O6S2. The van der Waals surface area contributed by atoms with Crippen LogP contribution >= 0.6 is 0 Å². The lowest BCUT2D eigenvalue weighted by Crippen LogP contribution is -2.54. The van der Waals surface area contributed by atoms with Crippen molar-refractivity contribution < 1.29 is 27.3 Å². The molecule has 1 amide bonds. The minimum absolute atomic E-state index is 0.0370. The van der Waals surface area contributed by atoms with E-state index in [2.05, 4.69) is 17.0 Å². The van der Waals surface area contributed by atoms with Crippen LogP contribution in [0.5, 0.6) is 0 Å². The molecule has 8 nitrogen and oxygen atoms in total. The summed E-state index contributed by atoms with van der Waals surface area (Å²) in [4.78, 5) is 26.0. The number of rotatable bonds is 12. The summed E-state index contributed by atoms with van der Waals surface area (Å²) in [5, 5.41) is 15.7. The van der Waals surface area contributed by atoms with E-state index in [0.29, 0.717) is 23.7 Å². The zero-order valence-electron chi connectivity index (χ0n) is 22.6. The second kappa shape index (κ2) is 13.3. The van der Waals surface area contributed by atoms with Crippen LogP contribution in [0.1, 0.15) is 52.9 Å². The predicted octanol–water partition coefficient (Wildman–Crippen LogP) is 3.15. The number of nitrogens with one attached hydrogen (secondary N) is 2. The first-order chi connectivity index (χ1) is 17.9. The second-order valence-corrected chi connectivity index (χ2v) is 14.0. The number of benzene rings is 2. The van der Waals surface area contributed by atoms with Gasteiger partial charge in [-0.25, -0.2) is 13.1 Å². The highest BCUT2D eigenvalue weighted by molar-refractivity contribution is 7.89. The quantitative estimate of drug-likeness (QED) is 0.363. The van der Waals surface area contributed by atoms with Gasteiger partial charge in [0.2, 0.25) is 15.9 Å². The molecule has 1 aliphatic carbocycles. The van der Waals surface area contributed by atoms with Crippen LogP contribution in [0.3, 0.4) is 0 Å². The van der Waals surface area contributed by atoms with Gasteiger partial charge in [0.15, 0.2) is 0 Å². The highest BCUT2D eigenvalue weighted by Gasteiger charge is 2.35. The Hall–Kier alpha value is -2.14. The molecule has 1 aliphatic rings. The normalized spacial score (nSPS) is 23.3. The molecule has 4 unspecified atom stereocenters. The molecule has 0 radical (unpaired) electrons. The second-order valence-electron chi connectivity index (χ2n) is 10.7. The predicted molar refractivity (Wildman–Crippen MR) is 151 cm³/mol. The standard InChI is InChI=1S/C28H40N2O6S2/c1-5-25(27(32)16-22-11-10-18(2)14-24(22)19(3)31)29-28(33)26(30-38(4,35)36)17-37(34)23-13-12-20-8-6-7-9-21(20)15-23/h6-9,12-13,15,18,22,24-27,30,32H,5,10-11,14,16-17H2,1-4H3,(H,29,33)/t18?,22?,24?,25-,26+,27+,37?/m0/s1. The van der Waals surface area contributed by atoms with Gasteiger partial charge < -0.3 is 10.4 Å². The van der Waals surface area contributed by atoms with Gasteiger partial charge in [-0.3, -0.25) is 13.8 Å². The number of amides is 1. The third-order valence-electron chi connectivity index (χ3n) is 7.53. The number of carbonyl (C=O) groups is 2. The Labute approximate surface area is 228 Å². The van der Waals surface area contributed by atoms with Crippen molar-refractivity contribution in [2.75, 3.05) is 12.0 Å². The van der Waals surface area contributed by atoms with E-state index in [1.54, 1.807) is 19.1 Å². The van der Waals surface area contributed by atoms with Crippen LogP contribution in [0.25, 0.3) is 10.8 Å². The molecule has 1 fully saturated rings. The minimum Gasteiger partial charge on any atom is -0.391 e. The van der Waals surface area contributed by atoms with Crippen molar-refractivity contribution in [3.63, 3.8) is 0 Å². The van der Waals surface area contributed by atoms with Crippen molar-refractivity contribution in [2.45, 2.75) is 76.0 Å². The molecule has 3 rings (SSSR count). The Balaban J connectivity index is 1.72. The van der Waals surface area contributed by atoms with E-state index in [1.165, 1.54) is 0 Å². The maximum absolute atomic E-state index is 13.2. The van der Waals surface area contributed by atoms with Crippen LogP contribution < -0.4 is 10.0 Å². The SMILES string of the molecule is CC[C@H](NC(=O)[C@@H](CS(=O)c1ccc2ccccc2c1)NS(C)(=O)=O)[C@H](O)CC1CCC(C)CC1C(C)=O. The number of ketones is 1. The summed E-state index contributed by atoms with van der Waals surface area (Å²) >= 11 is 0. The molecule has 0 aromatic heterocycles. The summed E-state index contributed by atoms with van der Waals surface area (Å²) in [6.07, 6.45) is 3.49. The molecule has 1 saturated carbocycles. The van der Waals surface area contributed by atoms with E-state index in [1.807, 2.05) is 37.3 Å². The van der Waals surface area contributed by atoms with Crippen molar-refractivity contribution in [3.05, 3.63) is 42.5 Å². The minimum atomic E-state index is -3.78. The van der Waals surface area contributed by atoms with Gasteiger partial charge in [0.05, 0.1) is 35.0 Å². The molecule has 3 N–H and O–H groups in total. The smallest absolute Gasteiger partial charge is 0.239 e. The van der Waals surface area contributed by atoms with E-state index in [4.69, 9.17) is 0 Å². The molecule has 0 heterocycles. The summed E-state index contributed by atoms with van der Waals surface area (Å²) in [5.74, 6) is -0.377. The zero-order valence-corrected chi connectivity index (χ0v) is 24.2. The Morgan fingerprint density at radius 1 is 1.13 bits per heavy atom. The molecule has 0 spiro atoms. The molecule has 210 valence electrons. The first-order valence-electron chi connectivity index (χ1n) is 13.2. The molecule has 7 atom stereocenters. The molecule has 2 aromatic carbocycles. The molecular weight excluding hydrogens is 524 g/mol. The van der Waals surface area contributed by atoms with E-state index in [9.17, 15) is 27.3 Å². The van der Waals surface area contributed by atoms with E-state index in [-0.39, 0.29) is 23.4 Å². The number of hydrogen-bond acceptors (Lipinski definition) is 6. The highest BCUT2D eigenvalue weighted by Crippen LogP contribution is 2.37. The van der Waals surface area contributed by atoms with Gasteiger partial charge in [0, 0.05) is 10.8 Å². The monoisotopic (exact) mass is 564 g/mol. The Morgan fingerprint density at radius 3 is 2.45 bits per heavy atom. The van der Waals surface area contributed by atoms with Crippen molar-refractivity contribution >= 4 is 43.3 Å². The summed E-state index contributed by atoms with van der Waals surface area (Å²) in [6.45, 7) is 5.55. The number of Topliss-reactive ketones (excluding diaryl/α,β-unsaturated/α-hetero) is 1. The van der Waals surface area contributed by atoms with E-state index in [0.717, 1.165) is 36.3 Å². The Bertz CT molecular complexity index is 1260. The van der Waals surface area contributed by atoms with Crippen LogP contribution in [-0.4, -0.2) is 59.6 Å². The lowest BCUT2D eigenvalue weighted by Gasteiger charge is -2.36. The molecule has 0 aliphatic heterocycles. The average Bonchev–Trinajstić information content (AvgIpc) is 2.86. The Morgan fingerprint density at radius 2 is 1.82 bits per heavy atom. The van der Waals surface area contributed by atoms with E-state index >= 15 is 0 Å². The maximum Gasteiger partial charge on any atom is 0.239 e. The lowest BCUT2D eigenvalue weighted by molar-refractivity contribution is -0.126. The molecule has 0 bridgehead atoms. The van der Waals surface area contributed by atoms with Crippen LogP contribution in [0.15, 0.2) is 47.4 Å². The lowest BCUT2D eigenvalue weighted by atomic mass is 9.70. The number of carbonyl (C=O) groups excluding carboxylic acids is 2. The maximum atomic E-state index is 13.2. The van der Waals surface area contributed by atoms with E-state index < -0.39 is 44.9 Å². The number of aliphatic hydroxyl groups excluding tert-OH is 1. The number of aliphatic hydroxyl groups is 1. The van der Waals surface area contributed by atoms with Gasteiger partial charge in [-0.05, 0) is 67.3 Å². The summed E-state index contributed by atoms with van der Waals surface area (Å²) in [6, 6.07) is 11.0. The number of hydrogen-bond donors (Lipinski definition) is 3. The summed E-state index contributed by atoms with van der Waals surface area (Å²) in [5.41, 5.74) is 0. The summed E-state index contributed by atoms with van der Waals surface area (Å²) < 4.78 is 39.6. The van der Waals surface area contributed by atoms with Crippen LogP contribution in [0.4, 0.5) is 0 Å². The third-order valence-corrected chi connectivity index (χ3v) is 9.66. The molecule has 2 aromatic rings. The molecule has 10 heteroatoms. The number of sulfonamides is 1. The Kier molecular flexibility index (Phi) is 10.6. The van der Waals surface area contributed by atoms with Crippen molar-refractivity contribution in [2.24, 2.45) is 17.8 Å². The van der Waals surface area contributed by atoms with Gasteiger partial charge in [-0.1, -0.05) is 50.6 Å². The fraction of sp³-hybridized carbons (Fsp3) is 0.571. The topological polar surface area (TPSA) is 130 Å². The fourth-order valence-corrected chi connectivity index (χ4v) is 7.45. The first kappa shape index (κ1) is 30.4. The number of fused-ring (bicyclic) bond motifs is 1. The van der Waals surface area contributed by atoms with Gasteiger partial charge >= 0.3 is 0 Å². The highest BCUT2D eigenvalue weighted by atomic mass is 32.2. The van der Waals surface area contributed by atoms with Crippen LogP contribution in [0.2, 0.25) is 0 Å². The largest absolute Gasteiger partial charge is 0.391 e. The van der Waals surface area contributed by atoms with Crippen molar-refractivity contribution in [1.82, 2.24) is 10.0 Å². The van der Waals surface area contributed by atoms with Gasteiger partial charge in [0.25, 0.3) is 0 Å². The molecule has 0 saturated heterocycles. The first-order valence-corrected chi connectivity index (χ1v) is 16.4. The van der Waals surface area contributed by atoms with Crippen molar-refractivity contribution in [3.8, 4) is 0 Å². The van der Waals surface area contributed by atoms with Gasteiger partial charge in [-0.2, -0.15) is 0 Å². The van der Waals surface area contributed by atoms with Gasteiger partial charge in [0.1, 0.15) is 11.8 Å². The van der Waals surface area contributed by atoms with Crippen LogP contribution in [0, 0.1) is 17.8 Å². The summed E-state index contributed by atoms with van der Waals surface area (Å²) in [7, 11) is -5.44. The van der Waals surface area contributed by atoms with Crippen LogP contribution in [-0.2, 0) is 30.4 Å². The third kappa shape index (κ3) is 8.43.